The summed E-state index contributed by atoms with van der Waals surface area (Å²) in [4.78, 5) is 6.07. The second-order valence-electron chi connectivity index (χ2n) is 18.3. The molecule has 0 radical (unpaired) electrons. The molecular formula is C64H46N2S. The zero-order valence-electron chi connectivity index (χ0n) is 37.4. The summed E-state index contributed by atoms with van der Waals surface area (Å²) in [5, 5.41) is 10.1. The summed E-state index contributed by atoms with van der Waals surface area (Å²) in [6.07, 6.45) is 2.52. The first-order valence-electron chi connectivity index (χ1n) is 23.4. The number of benzene rings is 10. The van der Waals surface area contributed by atoms with Crippen LogP contribution < -0.4 is 0 Å². The van der Waals surface area contributed by atoms with Crippen LogP contribution in [0.5, 0.6) is 0 Å². The molecule has 13 rings (SSSR count). The van der Waals surface area contributed by atoms with Crippen molar-refractivity contribution in [2.75, 3.05) is 0 Å². The van der Waals surface area contributed by atoms with Crippen molar-refractivity contribution < 1.29 is 0 Å². The van der Waals surface area contributed by atoms with Gasteiger partial charge >= 0.3 is 0 Å². The molecule has 10 aromatic carbocycles. The van der Waals surface area contributed by atoms with Gasteiger partial charge in [0, 0.05) is 54.0 Å². The van der Waals surface area contributed by atoms with E-state index in [0.717, 1.165) is 11.4 Å². The quantitative estimate of drug-likeness (QED) is 0.158. The van der Waals surface area contributed by atoms with Crippen molar-refractivity contribution in [2.24, 2.45) is 16.8 Å². The summed E-state index contributed by atoms with van der Waals surface area (Å²) in [6.45, 7) is 4.74. The number of rotatable bonds is 6. The highest BCUT2D eigenvalue weighted by atomic mass is 32.1. The standard InChI is InChI=1S/C64H46N2S/c1-40-33-54(46-29-25-44(26-30-46)42-15-5-3-6-16-42)41(2)64(47-31-27-45(28-32-47)43-17-7-4-8-18-43)65-63(40)57-38-52(39-61-62(57)56-35-49-20-10-12-22-51(49)37-60(56)67-61)66-58-24-14-13-23-53(58)55-34-48-19-9-11-21-50(48)36-59(55)66/h3-41,64H,1-2H3. The molecule has 0 saturated heterocycles. The number of hydrogen-bond donors (Lipinski definition) is 0. The van der Waals surface area contributed by atoms with Crippen LogP contribution in [0.2, 0.25) is 0 Å². The average molecular weight is 875 g/mol. The Hall–Kier alpha value is -7.85. The van der Waals surface area contributed by atoms with E-state index in [2.05, 4.69) is 243 Å². The number of thiophene rings is 1. The zero-order valence-corrected chi connectivity index (χ0v) is 38.2. The van der Waals surface area contributed by atoms with Crippen LogP contribution >= 0.6 is 11.3 Å². The molecule has 2 nitrogen and oxygen atoms in total. The van der Waals surface area contributed by atoms with Crippen molar-refractivity contribution in [3.8, 4) is 27.9 Å². The third kappa shape index (κ3) is 6.72. The highest BCUT2D eigenvalue weighted by Gasteiger charge is 2.31. The lowest BCUT2D eigenvalue weighted by Crippen LogP contribution is -2.14. The molecule has 67 heavy (non-hydrogen) atoms. The van der Waals surface area contributed by atoms with Crippen molar-refractivity contribution >= 4 is 86.1 Å². The lowest BCUT2D eigenvalue weighted by Gasteiger charge is -2.24. The summed E-state index contributed by atoms with van der Waals surface area (Å²) >= 11 is 1.90. The van der Waals surface area contributed by atoms with E-state index in [1.165, 1.54) is 108 Å². The van der Waals surface area contributed by atoms with E-state index in [0.29, 0.717) is 0 Å². The molecule has 0 spiro atoms. The third-order valence-electron chi connectivity index (χ3n) is 14.3. The number of aliphatic imine (C=N–C) groups is 1. The van der Waals surface area contributed by atoms with E-state index < -0.39 is 0 Å². The maximum absolute atomic E-state index is 6.07. The summed E-state index contributed by atoms with van der Waals surface area (Å²) in [5.41, 5.74) is 14.5. The van der Waals surface area contributed by atoms with Gasteiger partial charge in [-0.25, -0.2) is 0 Å². The summed E-state index contributed by atoms with van der Waals surface area (Å²) < 4.78 is 5.06. The van der Waals surface area contributed by atoms with Gasteiger partial charge in [0.25, 0.3) is 0 Å². The Labute approximate surface area is 394 Å². The normalized spacial score (nSPS) is 16.5. The van der Waals surface area contributed by atoms with E-state index in [1.54, 1.807) is 0 Å². The molecule has 3 unspecified atom stereocenters. The second kappa shape index (κ2) is 15.9. The van der Waals surface area contributed by atoms with Gasteiger partial charge in [0.2, 0.25) is 0 Å². The summed E-state index contributed by atoms with van der Waals surface area (Å²) in [5.74, 6) is 0.105. The lowest BCUT2D eigenvalue weighted by atomic mass is 9.83. The van der Waals surface area contributed by atoms with Crippen LogP contribution in [0.1, 0.15) is 36.6 Å². The summed E-state index contributed by atoms with van der Waals surface area (Å²) in [7, 11) is 0. The fraction of sp³-hybridized carbons (Fsp3) is 0.0781. The van der Waals surface area contributed by atoms with Gasteiger partial charge < -0.3 is 4.57 Å². The van der Waals surface area contributed by atoms with Crippen LogP contribution in [0.15, 0.2) is 229 Å². The average Bonchev–Trinajstić information content (AvgIpc) is 3.87. The maximum Gasteiger partial charge on any atom is 0.0818 e. The van der Waals surface area contributed by atoms with Gasteiger partial charge in [0.1, 0.15) is 0 Å². The topological polar surface area (TPSA) is 17.3 Å². The van der Waals surface area contributed by atoms with E-state index in [1.807, 2.05) is 11.3 Å². The fourth-order valence-electron chi connectivity index (χ4n) is 10.9. The van der Waals surface area contributed by atoms with Gasteiger partial charge in [-0.2, -0.15) is 0 Å². The number of aromatic nitrogens is 1. The minimum Gasteiger partial charge on any atom is -0.309 e. The van der Waals surface area contributed by atoms with E-state index >= 15 is 0 Å². The monoisotopic (exact) mass is 874 g/mol. The van der Waals surface area contributed by atoms with Crippen LogP contribution in [-0.4, -0.2) is 10.3 Å². The van der Waals surface area contributed by atoms with Crippen molar-refractivity contribution in [3.63, 3.8) is 0 Å². The van der Waals surface area contributed by atoms with Crippen LogP contribution in [0.3, 0.4) is 0 Å². The third-order valence-corrected chi connectivity index (χ3v) is 15.4. The van der Waals surface area contributed by atoms with Gasteiger partial charge in [0.15, 0.2) is 0 Å². The molecule has 0 saturated carbocycles. The first-order valence-corrected chi connectivity index (χ1v) is 24.3. The number of hydrogen-bond acceptors (Lipinski definition) is 2. The Balaban J connectivity index is 1.07. The Morgan fingerprint density at radius 2 is 0.970 bits per heavy atom. The van der Waals surface area contributed by atoms with E-state index in [-0.39, 0.29) is 17.9 Å². The molecule has 0 bridgehead atoms. The minimum atomic E-state index is -0.131. The smallest absolute Gasteiger partial charge is 0.0818 e. The van der Waals surface area contributed by atoms with Crippen LogP contribution in [0, 0.1) is 11.8 Å². The summed E-state index contributed by atoms with van der Waals surface area (Å²) in [6, 6.07) is 80.5. The number of para-hydroxylation sites is 1. The van der Waals surface area contributed by atoms with Crippen molar-refractivity contribution in [2.45, 2.75) is 19.9 Å². The molecule has 12 aromatic rings. The molecular weight excluding hydrogens is 829 g/mol. The van der Waals surface area contributed by atoms with Crippen LogP contribution in [-0.2, 0) is 0 Å². The maximum atomic E-state index is 6.07. The molecule has 318 valence electrons. The Morgan fingerprint density at radius 1 is 0.433 bits per heavy atom. The molecule has 2 aromatic heterocycles. The Morgan fingerprint density at radius 3 is 1.64 bits per heavy atom. The number of fused-ring (bicyclic) bond motifs is 8. The van der Waals surface area contributed by atoms with Gasteiger partial charge in [0.05, 0.1) is 22.8 Å². The fourth-order valence-corrected chi connectivity index (χ4v) is 12.1. The first-order chi connectivity index (χ1) is 33.0. The molecule has 3 atom stereocenters. The SMILES string of the molecule is CC1C=C(c2ccc(-c3ccccc3)cc2)C(C)C(c2ccc(-c3ccccc3)cc2)N=C1c1cc(-n2c3ccccc3c3cc4ccccc4cc32)cc2sc3cc4ccccc4cc3c12. The predicted octanol–water partition coefficient (Wildman–Crippen LogP) is 17.7. The van der Waals surface area contributed by atoms with E-state index in [9.17, 15) is 0 Å². The molecule has 0 N–H and O–H groups in total. The van der Waals surface area contributed by atoms with Crippen LogP contribution in [0.4, 0.5) is 0 Å². The predicted molar refractivity (Wildman–Crippen MR) is 288 cm³/mol. The van der Waals surface area contributed by atoms with E-state index in [4.69, 9.17) is 4.99 Å². The number of nitrogens with zero attached hydrogens (tertiary/aromatic N) is 2. The highest BCUT2D eigenvalue weighted by Crippen LogP contribution is 2.46. The molecule has 1 aliphatic heterocycles. The molecule has 0 aliphatic carbocycles. The Bertz CT molecular complexity index is 3930. The van der Waals surface area contributed by atoms with Crippen molar-refractivity contribution in [3.05, 3.63) is 241 Å². The lowest BCUT2D eigenvalue weighted by molar-refractivity contribution is 0.587. The zero-order chi connectivity index (χ0) is 44.6. The van der Waals surface area contributed by atoms with Crippen LogP contribution in [0.25, 0.3) is 97.0 Å². The molecule has 0 amide bonds. The van der Waals surface area contributed by atoms with Gasteiger partial charge in [-0.05, 0) is 103 Å². The Kier molecular flexibility index (Phi) is 9.40. The molecule has 3 heteroatoms. The van der Waals surface area contributed by atoms with Crippen molar-refractivity contribution in [1.82, 2.24) is 4.57 Å². The minimum absolute atomic E-state index is 0.00999. The molecule has 0 fully saturated rings. The second-order valence-corrected chi connectivity index (χ2v) is 19.4. The van der Waals surface area contributed by atoms with Gasteiger partial charge in [-0.15, -0.1) is 11.3 Å². The highest BCUT2D eigenvalue weighted by molar-refractivity contribution is 7.26. The first kappa shape index (κ1) is 39.5. The largest absolute Gasteiger partial charge is 0.309 e. The van der Waals surface area contributed by atoms with Crippen molar-refractivity contribution in [1.29, 1.82) is 0 Å². The van der Waals surface area contributed by atoms with Gasteiger partial charge in [-0.3, -0.25) is 4.99 Å². The molecule has 1 aliphatic rings. The molecule has 3 heterocycles. The van der Waals surface area contributed by atoms with Gasteiger partial charge in [-0.1, -0.05) is 196 Å². The number of allylic oxidation sites excluding steroid dienone is 1.